The van der Waals surface area contributed by atoms with Crippen LogP contribution in [0.25, 0.3) is 0 Å². The molecule has 0 bridgehead atoms. The van der Waals surface area contributed by atoms with Crippen LogP contribution >= 0.6 is 0 Å². The zero-order chi connectivity index (χ0) is 13.7. The average molecular weight is 262 g/mol. The normalized spacial score (nSPS) is 15.1. The van der Waals surface area contributed by atoms with Gasteiger partial charge in [0, 0.05) is 12.6 Å². The summed E-state index contributed by atoms with van der Waals surface area (Å²) < 4.78 is 5.05. The minimum absolute atomic E-state index is 0.304. The van der Waals surface area contributed by atoms with Gasteiger partial charge in [-0.25, -0.2) is 14.8 Å². The maximum atomic E-state index is 11.8. The van der Waals surface area contributed by atoms with Gasteiger partial charge in [-0.1, -0.05) is 32.6 Å². The number of rotatable bonds is 6. The lowest BCUT2D eigenvalue weighted by molar-refractivity contribution is 0.0524. The molecule has 1 fully saturated rings. The van der Waals surface area contributed by atoms with Crippen molar-refractivity contribution in [2.24, 2.45) is 5.92 Å². The largest absolute Gasteiger partial charge is 0.462 e. The highest BCUT2D eigenvalue weighted by Gasteiger charge is 2.21. The quantitative estimate of drug-likeness (QED) is 0.740. The molecule has 4 heteroatoms. The van der Waals surface area contributed by atoms with Gasteiger partial charge in [-0.15, -0.1) is 0 Å². The fraction of sp³-hybridized carbons (Fsp3) is 0.667. The van der Waals surface area contributed by atoms with Gasteiger partial charge in [0.25, 0.3) is 0 Å². The van der Waals surface area contributed by atoms with Crippen molar-refractivity contribution in [2.45, 2.75) is 52.4 Å². The van der Waals surface area contributed by atoms with Crippen molar-refractivity contribution >= 4 is 5.97 Å². The number of nitrogens with zero attached hydrogens (tertiary/aromatic N) is 2. The Kier molecular flexibility index (Phi) is 4.88. The molecule has 1 aliphatic rings. The molecule has 1 heterocycles. The molecule has 0 unspecified atom stereocenters. The molecule has 1 aliphatic carbocycles. The standard InChI is InChI=1S/C15H22N2O2/c1-3-6-13-12(15(18)19-4-2)10-16-14(17-13)9-11-7-5-8-11/h10-11H,3-9H2,1-2H3. The van der Waals surface area contributed by atoms with Crippen molar-refractivity contribution in [3.05, 3.63) is 23.3 Å². The SMILES string of the molecule is CCCc1nc(CC2CCC2)ncc1C(=O)OCC. The Bertz CT molecular complexity index is 442. The van der Waals surface area contributed by atoms with Gasteiger partial charge in [0.05, 0.1) is 17.9 Å². The summed E-state index contributed by atoms with van der Waals surface area (Å²) in [5.74, 6) is 1.31. The maximum Gasteiger partial charge on any atom is 0.341 e. The Balaban J connectivity index is 2.15. The summed E-state index contributed by atoms with van der Waals surface area (Å²) in [6, 6.07) is 0. The summed E-state index contributed by atoms with van der Waals surface area (Å²) in [4.78, 5) is 20.7. The lowest BCUT2D eigenvalue weighted by atomic mass is 9.83. The van der Waals surface area contributed by atoms with E-state index in [9.17, 15) is 4.79 Å². The molecule has 0 N–H and O–H groups in total. The van der Waals surface area contributed by atoms with E-state index in [1.807, 2.05) is 6.92 Å². The topological polar surface area (TPSA) is 52.1 Å². The van der Waals surface area contributed by atoms with Gasteiger partial charge in [0.1, 0.15) is 5.82 Å². The van der Waals surface area contributed by atoms with Gasteiger partial charge < -0.3 is 4.74 Å². The monoisotopic (exact) mass is 262 g/mol. The van der Waals surface area contributed by atoms with Crippen molar-refractivity contribution in [3.8, 4) is 0 Å². The van der Waals surface area contributed by atoms with E-state index in [4.69, 9.17) is 4.74 Å². The zero-order valence-electron chi connectivity index (χ0n) is 11.8. The Labute approximate surface area is 114 Å². The van der Waals surface area contributed by atoms with Crippen LogP contribution in [0, 0.1) is 5.92 Å². The second-order valence-electron chi connectivity index (χ2n) is 5.12. The summed E-state index contributed by atoms with van der Waals surface area (Å²) >= 11 is 0. The molecule has 0 radical (unpaired) electrons. The molecule has 0 saturated heterocycles. The molecule has 0 spiro atoms. The van der Waals surface area contributed by atoms with Crippen LogP contribution in [-0.2, 0) is 17.6 Å². The van der Waals surface area contributed by atoms with Crippen molar-refractivity contribution in [2.75, 3.05) is 6.61 Å². The third-order valence-corrected chi connectivity index (χ3v) is 3.60. The van der Waals surface area contributed by atoms with Gasteiger partial charge in [0.15, 0.2) is 0 Å². The molecule has 19 heavy (non-hydrogen) atoms. The Morgan fingerprint density at radius 1 is 1.42 bits per heavy atom. The van der Waals surface area contributed by atoms with E-state index >= 15 is 0 Å². The number of ether oxygens (including phenoxy) is 1. The van der Waals surface area contributed by atoms with Crippen LogP contribution in [-0.4, -0.2) is 22.5 Å². The molecule has 0 amide bonds. The number of hydrogen-bond donors (Lipinski definition) is 0. The first-order valence-electron chi connectivity index (χ1n) is 7.26. The van der Waals surface area contributed by atoms with E-state index in [2.05, 4.69) is 16.9 Å². The molecule has 0 aliphatic heterocycles. The molecule has 4 nitrogen and oxygen atoms in total. The molecule has 104 valence electrons. The summed E-state index contributed by atoms with van der Waals surface area (Å²) in [5, 5.41) is 0. The minimum atomic E-state index is -0.304. The number of aromatic nitrogens is 2. The van der Waals surface area contributed by atoms with E-state index in [0.717, 1.165) is 36.7 Å². The molecule has 0 aromatic carbocycles. The van der Waals surface area contributed by atoms with Gasteiger partial charge in [-0.05, 0) is 19.3 Å². The zero-order valence-corrected chi connectivity index (χ0v) is 11.8. The summed E-state index contributed by atoms with van der Waals surface area (Å²) in [6.07, 6.45) is 8.25. The first-order valence-corrected chi connectivity index (χ1v) is 7.26. The number of hydrogen-bond acceptors (Lipinski definition) is 4. The van der Waals surface area contributed by atoms with Crippen LogP contribution < -0.4 is 0 Å². The highest BCUT2D eigenvalue weighted by atomic mass is 16.5. The summed E-state index contributed by atoms with van der Waals surface area (Å²) in [5.41, 5.74) is 1.37. The summed E-state index contributed by atoms with van der Waals surface area (Å²) in [6.45, 7) is 4.28. The van der Waals surface area contributed by atoms with Gasteiger partial charge in [-0.3, -0.25) is 0 Å². The van der Waals surface area contributed by atoms with Crippen molar-refractivity contribution in [1.82, 2.24) is 9.97 Å². The average Bonchev–Trinajstić information content (AvgIpc) is 2.35. The Morgan fingerprint density at radius 3 is 2.79 bits per heavy atom. The molecular formula is C15H22N2O2. The lowest BCUT2D eigenvalue weighted by Crippen LogP contribution is -2.17. The van der Waals surface area contributed by atoms with E-state index in [-0.39, 0.29) is 5.97 Å². The predicted octanol–water partition coefficient (Wildman–Crippen LogP) is 2.95. The van der Waals surface area contributed by atoms with Gasteiger partial charge in [0.2, 0.25) is 0 Å². The smallest absolute Gasteiger partial charge is 0.341 e. The van der Waals surface area contributed by atoms with Crippen LogP contribution in [0.15, 0.2) is 6.20 Å². The van der Waals surface area contributed by atoms with E-state index in [1.54, 1.807) is 6.20 Å². The highest BCUT2D eigenvalue weighted by Crippen LogP contribution is 2.29. The molecule has 1 aromatic rings. The Hall–Kier alpha value is -1.45. The Morgan fingerprint density at radius 2 is 2.21 bits per heavy atom. The third kappa shape index (κ3) is 3.52. The van der Waals surface area contributed by atoms with Gasteiger partial charge in [-0.2, -0.15) is 0 Å². The van der Waals surface area contributed by atoms with Crippen molar-refractivity contribution < 1.29 is 9.53 Å². The number of esters is 1. The second-order valence-corrected chi connectivity index (χ2v) is 5.12. The van der Waals surface area contributed by atoms with E-state index in [1.165, 1.54) is 19.3 Å². The minimum Gasteiger partial charge on any atom is -0.462 e. The van der Waals surface area contributed by atoms with E-state index in [0.29, 0.717) is 12.2 Å². The number of carbonyl (C=O) groups is 1. The first-order chi connectivity index (χ1) is 9.24. The molecule has 2 rings (SSSR count). The second kappa shape index (κ2) is 6.64. The molecular weight excluding hydrogens is 240 g/mol. The van der Waals surface area contributed by atoms with Crippen molar-refractivity contribution in [1.29, 1.82) is 0 Å². The van der Waals surface area contributed by atoms with Crippen molar-refractivity contribution in [3.63, 3.8) is 0 Å². The van der Waals surface area contributed by atoms with Crippen LogP contribution in [0.3, 0.4) is 0 Å². The van der Waals surface area contributed by atoms with Crippen LogP contribution in [0.4, 0.5) is 0 Å². The molecule has 1 saturated carbocycles. The fourth-order valence-corrected chi connectivity index (χ4v) is 2.32. The van der Waals surface area contributed by atoms with Crippen LogP contribution in [0.5, 0.6) is 0 Å². The third-order valence-electron chi connectivity index (χ3n) is 3.60. The highest BCUT2D eigenvalue weighted by molar-refractivity contribution is 5.90. The predicted molar refractivity (Wildman–Crippen MR) is 73.0 cm³/mol. The number of carbonyl (C=O) groups excluding carboxylic acids is 1. The van der Waals surface area contributed by atoms with E-state index < -0.39 is 0 Å². The number of aryl methyl sites for hydroxylation is 1. The fourth-order valence-electron chi connectivity index (χ4n) is 2.32. The van der Waals surface area contributed by atoms with Crippen LogP contribution in [0.1, 0.15) is 61.4 Å². The molecule has 1 aromatic heterocycles. The molecule has 0 atom stereocenters. The lowest BCUT2D eigenvalue weighted by Gasteiger charge is -2.24. The first kappa shape index (κ1) is 14.0. The van der Waals surface area contributed by atoms with Gasteiger partial charge >= 0.3 is 5.97 Å². The maximum absolute atomic E-state index is 11.8. The summed E-state index contributed by atoms with van der Waals surface area (Å²) in [7, 11) is 0. The van der Waals surface area contributed by atoms with Crippen LogP contribution in [0.2, 0.25) is 0 Å².